The first-order valence-electron chi connectivity index (χ1n) is 9.56. The number of carbonyl (C=O) groups excluding carboxylic acids is 2. The summed E-state index contributed by atoms with van der Waals surface area (Å²) in [6.45, 7) is 0. The zero-order valence-electron chi connectivity index (χ0n) is 15.6. The van der Waals surface area contributed by atoms with Crippen LogP contribution in [0.4, 0.5) is 5.69 Å². The van der Waals surface area contributed by atoms with Gasteiger partial charge in [0.25, 0.3) is 5.69 Å². The number of benzene rings is 2. The van der Waals surface area contributed by atoms with Crippen molar-refractivity contribution in [3.05, 3.63) is 69.5 Å². The first-order valence-corrected chi connectivity index (χ1v) is 9.56. The molecule has 1 fully saturated rings. The van der Waals surface area contributed by atoms with Crippen molar-refractivity contribution in [2.75, 3.05) is 0 Å². The number of nitrogens with zero attached hydrogens (tertiary/aromatic N) is 1. The second kappa shape index (κ2) is 7.87. The van der Waals surface area contributed by atoms with E-state index in [0.29, 0.717) is 22.6 Å². The molecule has 0 spiro atoms. The highest BCUT2D eigenvalue weighted by Crippen LogP contribution is 2.35. The number of nitro benzene ring substituents is 1. The van der Waals surface area contributed by atoms with Crippen LogP contribution in [0.3, 0.4) is 0 Å². The summed E-state index contributed by atoms with van der Waals surface area (Å²) in [4.78, 5) is 35.1. The van der Waals surface area contributed by atoms with E-state index in [1.165, 1.54) is 18.2 Å². The molecule has 0 aromatic heterocycles. The van der Waals surface area contributed by atoms with Crippen molar-refractivity contribution < 1.29 is 24.0 Å². The Bertz CT molecular complexity index is 1000. The summed E-state index contributed by atoms with van der Waals surface area (Å²) in [6.07, 6.45) is 6.46. The quantitative estimate of drug-likeness (QED) is 0.246. The first kappa shape index (κ1) is 18.9. The standard InChI is InChI=1S/C22H19NO6/c24-21-18-11-10-17(28-22(25)15-4-2-1-3-5-15)13-19(18)29-20(21)12-14-6-8-16(9-7-14)23(26)27/h6-13,15H,1-5H2. The van der Waals surface area contributed by atoms with E-state index in [0.717, 1.165) is 32.1 Å². The van der Waals surface area contributed by atoms with Gasteiger partial charge in [0.2, 0.25) is 5.78 Å². The van der Waals surface area contributed by atoms with Crippen LogP contribution >= 0.6 is 0 Å². The third-order valence-electron chi connectivity index (χ3n) is 5.20. The van der Waals surface area contributed by atoms with Crippen LogP contribution in [0.2, 0.25) is 0 Å². The van der Waals surface area contributed by atoms with Gasteiger partial charge in [-0.2, -0.15) is 0 Å². The van der Waals surface area contributed by atoms with E-state index in [1.54, 1.807) is 30.3 Å². The Morgan fingerprint density at radius 2 is 1.83 bits per heavy atom. The summed E-state index contributed by atoms with van der Waals surface area (Å²) >= 11 is 0. The molecule has 2 aromatic carbocycles. The van der Waals surface area contributed by atoms with Gasteiger partial charge in [0.1, 0.15) is 11.5 Å². The van der Waals surface area contributed by atoms with Crippen LogP contribution in [0.25, 0.3) is 6.08 Å². The van der Waals surface area contributed by atoms with Gasteiger partial charge in [0.15, 0.2) is 5.76 Å². The van der Waals surface area contributed by atoms with Gasteiger partial charge in [0.05, 0.1) is 16.4 Å². The molecule has 0 bridgehead atoms. The van der Waals surface area contributed by atoms with Crippen molar-refractivity contribution in [1.82, 2.24) is 0 Å². The molecule has 7 heteroatoms. The molecule has 29 heavy (non-hydrogen) atoms. The van der Waals surface area contributed by atoms with Gasteiger partial charge in [-0.3, -0.25) is 19.7 Å². The van der Waals surface area contributed by atoms with E-state index in [9.17, 15) is 19.7 Å². The average Bonchev–Trinajstić information content (AvgIpc) is 3.03. The molecule has 2 aromatic rings. The van der Waals surface area contributed by atoms with Crippen LogP contribution in [0.15, 0.2) is 48.2 Å². The second-order valence-corrected chi connectivity index (χ2v) is 7.20. The molecular formula is C22H19NO6. The highest BCUT2D eigenvalue weighted by atomic mass is 16.6. The summed E-state index contributed by atoms with van der Waals surface area (Å²) < 4.78 is 11.1. The average molecular weight is 393 g/mol. The van der Waals surface area contributed by atoms with Crippen molar-refractivity contribution in [1.29, 1.82) is 0 Å². The normalized spacial score (nSPS) is 17.7. The van der Waals surface area contributed by atoms with Crippen molar-refractivity contribution >= 4 is 23.5 Å². The lowest BCUT2D eigenvalue weighted by Crippen LogP contribution is -2.22. The van der Waals surface area contributed by atoms with Crippen molar-refractivity contribution in [2.45, 2.75) is 32.1 Å². The van der Waals surface area contributed by atoms with Gasteiger partial charge in [0, 0.05) is 18.2 Å². The van der Waals surface area contributed by atoms with Crippen molar-refractivity contribution in [2.24, 2.45) is 5.92 Å². The van der Waals surface area contributed by atoms with Crippen LogP contribution in [-0.2, 0) is 4.79 Å². The molecule has 0 unspecified atom stereocenters. The van der Waals surface area contributed by atoms with Gasteiger partial charge in [-0.05, 0) is 48.7 Å². The number of Topliss-reactive ketones (excluding diaryl/α,β-unsaturated/α-hetero) is 1. The van der Waals surface area contributed by atoms with Crippen LogP contribution in [0.5, 0.6) is 11.5 Å². The predicted octanol–water partition coefficient (Wildman–Crippen LogP) is 4.70. The predicted molar refractivity (Wildman–Crippen MR) is 105 cm³/mol. The zero-order chi connectivity index (χ0) is 20.4. The van der Waals surface area contributed by atoms with Gasteiger partial charge < -0.3 is 9.47 Å². The summed E-state index contributed by atoms with van der Waals surface area (Å²) in [5, 5.41) is 10.7. The minimum absolute atomic E-state index is 0.0291. The molecule has 1 aliphatic heterocycles. The van der Waals surface area contributed by atoms with E-state index < -0.39 is 4.92 Å². The van der Waals surface area contributed by atoms with E-state index >= 15 is 0 Å². The Morgan fingerprint density at radius 1 is 1.10 bits per heavy atom. The zero-order valence-corrected chi connectivity index (χ0v) is 15.6. The molecule has 148 valence electrons. The van der Waals surface area contributed by atoms with Crippen molar-refractivity contribution in [3.8, 4) is 11.5 Å². The molecule has 0 radical (unpaired) electrons. The van der Waals surface area contributed by atoms with Gasteiger partial charge in [-0.25, -0.2) is 0 Å². The van der Waals surface area contributed by atoms with Crippen LogP contribution in [0, 0.1) is 16.0 Å². The molecule has 1 saturated carbocycles. The maximum Gasteiger partial charge on any atom is 0.314 e. The van der Waals surface area contributed by atoms with E-state index in [4.69, 9.17) is 9.47 Å². The molecule has 4 rings (SSSR count). The highest BCUT2D eigenvalue weighted by Gasteiger charge is 2.29. The third-order valence-corrected chi connectivity index (χ3v) is 5.20. The minimum atomic E-state index is -0.486. The number of carbonyl (C=O) groups is 2. The number of non-ortho nitro benzene ring substituents is 1. The summed E-state index contributed by atoms with van der Waals surface area (Å²) in [7, 11) is 0. The fourth-order valence-electron chi connectivity index (χ4n) is 3.61. The summed E-state index contributed by atoms with van der Waals surface area (Å²) in [6, 6.07) is 10.5. The first-order chi connectivity index (χ1) is 14.0. The van der Waals surface area contributed by atoms with Crippen LogP contribution in [-0.4, -0.2) is 16.7 Å². The lowest BCUT2D eigenvalue weighted by molar-refractivity contribution is -0.384. The summed E-state index contributed by atoms with van der Waals surface area (Å²) in [5.74, 6) is 0.196. The highest BCUT2D eigenvalue weighted by molar-refractivity contribution is 6.14. The molecule has 1 heterocycles. The van der Waals surface area contributed by atoms with Crippen LogP contribution in [0.1, 0.15) is 48.0 Å². The van der Waals surface area contributed by atoms with Gasteiger partial charge >= 0.3 is 5.97 Å². The number of fused-ring (bicyclic) bond motifs is 1. The number of nitro groups is 1. The van der Waals surface area contributed by atoms with E-state index in [-0.39, 0.29) is 29.1 Å². The molecule has 0 atom stereocenters. The smallest absolute Gasteiger partial charge is 0.314 e. The fourth-order valence-corrected chi connectivity index (χ4v) is 3.61. The molecule has 0 saturated heterocycles. The lowest BCUT2D eigenvalue weighted by atomic mass is 9.89. The molecule has 1 aliphatic carbocycles. The number of hydrogen-bond acceptors (Lipinski definition) is 6. The Morgan fingerprint density at radius 3 is 2.52 bits per heavy atom. The topological polar surface area (TPSA) is 95.7 Å². The fraction of sp³-hybridized carbons (Fsp3) is 0.273. The van der Waals surface area contributed by atoms with E-state index in [2.05, 4.69) is 0 Å². The molecule has 0 amide bonds. The third kappa shape index (κ3) is 4.03. The number of allylic oxidation sites excluding steroid dienone is 1. The monoisotopic (exact) mass is 393 g/mol. The lowest BCUT2D eigenvalue weighted by Gasteiger charge is -2.19. The van der Waals surface area contributed by atoms with Gasteiger partial charge in [-0.1, -0.05) is 19.3 Å². The molecule has 2 aliphatic rings. The largest absolute Gasteiger partial charge is 0.452 e. The Labute approximate surface area is 167 Å². The Hall–Kier alpha value is -3.48. The molecular weight excluding hydrogens is 374 g/mol. The Kier molecular flexibility index (Phi) is 5.12. The number of ether oxygens (including phenoxy) is 2. The van der Waals surface area contributed by atoms with Crippen molar-refractivity contribution in [3.63, 3.8) is 0 Å². The van der Waals surface area contributed by atoms with Crippen LogP contribution < -0.4 is 9.47 Å². The number of ketones is 1. The molecule has 7 nitrogen and oxygen atoms in total. The maximum atomic E-state index is 12.5. The second-order valence-electron chi connectivity index (χ2n) is 7.20. The molecule has 0 N–H and O–H groups in total. The number of hydrogen-bond donors (Lipinski definition) is 0. The summed E-state index contributed by atoms with van der Waals surface area (Å²) in [5.41, 5.74) is 0.963. The van der Waals surface area contributed by atoms with E-state index in [1.807, 2.05) is 0 Å². The minimum Gasteiger partial charge on any atom is -0.452 e. The van der Waals surface area contributed by atoms with Gasteiger partial charge in [-0.15, -0.1) is 0 Å². The number of rotatable bonds is 4. The SMILES string of the molecule is O=C1C(=Cc2ccc([N+](=O)[O-])cc2)Oc2cc(OC(=O)C3CCCCC3)ccc21. The Balaban J connectivity index is 1.49. The number of esters is 1. The maximum absolute atomic E-state index is 12.5.